The minimum Gasteiger partial charge on any atom is -0.375 e. The molecule has 2 rings (SSSR count). The van der Waals surface area contributed by atoms with E-state index in [9.17, 15) is 4.39 Å². The lowest BCUT2D eigenvalue weighted by Crippen LogP contribution is -1.79. The molecule has 4 heteroatoms. The lowest BCUT2D eigenvalue weighted by atomic mass is 10.3. The van der Waals surface area contributed by atoms with Crippen molar-refractivity contribution in [3.63, 3.8) is 0 Å². The van der Waals surface area contributed by atoms with Crippen LogP contribution >= 0.6 is 11.3 Å². The van der Waals surface area contributed by atoms with Gasteiger partial charge >= 0.3 is 0 Å². The average molecular weight is 167 g/mol. The molecule has 1 radical (unpaired) electrons. The van der Waals surface area contributed by atoms with Gasteiger partial charge in [-0.15, -0.1) is 0 Å². The summed E-state index contributed by atoms with van der Waals surface area (Å²) in [6.45, 7) is 0. The lowest BCUT2D eigenvalue weighted by molar-refractivity contribution is 0.629. The van der Waals surface area contributed by atoms with Crippen LogP contribution in [0.5, 0.6) is 0 Å². The Balaban J connectivity index is 2.82. The first-order chi connectivity index (χ1) is 5.25. The first-order valence-corrected chi connectivity index (χ1v) is 3.80. The van der Waals surface area contributed by atoms with Gasteiger partial charge in [-0.2, -0.15) is 0 Å². The molecule has 0 unspecified atom stereocenters. The van der Waals surface area contributed by atoms with Crippen molar-refractivity contribution in [3.8, 4) is 0 Å². The molecule has 0 saturated carbocycles. The molecule has 0 bridgehead atoms. The van der Waals surface area contributed by atoms with Gasteiger partial charge in [0.25, 0.3) is 0 Å². The number of hydrogen-bond donors (Lipinski definition) is 1. The number of benzene rings is 1. The van der Waals surface area contributed by atoms with Gasteiger partial charge in [-0.3, -0.25) is 0 Å². The van der Waals surface area contributed by atoms with Gasteiger partial charge in [0.15, 0.2) is 5.13 Å². The van der Waals surface area contributed by atoms with Crippen LogP contribution in [0.25, 0.3) is 10.2 Å². The van der Waals surface area contributed by atoms with Crippen LogP contribution in [-0.2, 0) is 0 Å². The fourth-order valence-corrected chi connectivity index (χ4v) is 1.59. The maximum absolute atomic E-state index is 12.6. The van der Waals surface area contributed by atoms with Crippen LogP contribution in [0.15, 0.2) is 12.1 Å². The number of hydrogen-bond acceptors (Lipinski definition) is 3. The van der Waals surface area contributed by atoms with Gasteiger partial charge in [0.1, 0.15) is 5.82 Å². The monoisotopic (exact) mass is 167 g/mol. The summed E-state index contributed by atoms with van der Waals surface area (Å²) >= 11 is 1.26. The van der Waals surface area contributed by atoms with Crippen molar-refractivity contribution in [1.82, 2.24) is 4.98 Å². The number of fused-ring (bicyclic) bond motifs is 1. The van der Waals surface area contributed by atoms with E-state index in [4.69, 9.17) is 5.73 Å². The Labute approximate surface area is 66.5 Å². The number of nitrogens with two attached hydrogens (primary N) is 1. The van der Waals surface area contributed by atoms with Gasteiger partial charge < -0.3 is 5.73 Å². The van der Waals surface area contributed by atoms with E-state index in [1.807, 2.05) is 0 Å². The van der Waals surface area contributed by atoms with Crippen LogP contribution in [-0.4, -0.2) is 4.98 Å². The van der Waals surface area contributed by atoms with Crippen LogP contribution in [0.1, 0.15) is 0 Å². The van der Waals surface area contributed by atoms with Crippen molar-refractivity contribution < 1.29 is 4.39 Å². The van der Waals surface area contributed by atoms with Gasteiger partial charge in [-0.05, 0) is 12.1 Å². The molecule has 0 aliphatic heterocycles. The molecule has 11 heavy (non-hydrogen) atoms. The highest BCUT2D eigenvalue weighted by atomic mass is 32.1. The third-order valence-electron chi connectivity index (χ3n) is 1.29. The highest BCUT2D eigenvalue weighted by molar-refractivity contribution is 7.22. The van der Waals surface area contributed by atoms with Gasteiger partial charge in [0.05, 0.1) is 10.2 Å². The van der Waals surface area contributed by atoms with Crippen molar-refractivity contribution in [2.24, 2.45) is 0 Å². The first-order valence-electron chi connectivity index (χ1n) is 2.99. The minimum absolute atomic E-state index is 0.304. The maximum atomic E-state index is 12.6. The van der Waals surface area contributed by atoms with E-state index < -0.39 is 0 Å². The molecule has 0 fully saturated rings. The van der Waals surface area contributed by atoms with E-state index in [0.717, 1.165) is 4.70 Å². The maximum Gasteiger partial charge on any atom is 0.181 e. The van der Waals surface area contributed by atoms with Crippen LogP contribution in [0.4, 0.5) is 9.52 Å². The van der Waals surface area contributed by atoms with Gasteiger partial charge in [-0.1, -0.05) is 11.3 Å². The summed E-state index contributed by atoms with van der Waals surface area (Å²) in [5.74, 6) is -0.304. The second kappa shape index (κ2) is 2.17. The van der Waals surface area contributed by atoms with Crippen LogP contribution < -0.4 is 5.73 Å². The van der Waals surface area contributed by atoms with Crippen molar-refractivity contribution >= 4 is 26.7 Å². The smallest absolute Gasteiger partial charge is 0.181 e. The zero-order valence-corrected chi connectivity index (χ0v) is 6.28. The zero-order chi connectivity index (χ0) is 7.84. The van der Waals surface area contributed by atoms with E-state index in [1.165, 1.54) is 23.5 Å². The van der Waals surface area contributed by atoms with Crippen molar-refractivity contribution in [2.75, 3.05) is 5.73 Å². The second-order valence-electron chi connectivity index (χ2n) is 2.08. The molecule has 2 N–H and O–H groups in total. The van der Waals surface area contributed by atoms with Crippen molar-refractivity contribution in [2.45, 2.75) is 0 Å². The van der Waals surface area contributed by atoms with E-state index >= 15 is 0 Å². The summed E-state index contributed by atoms with van der Waals surface area (Å²) in [5, 5.41) is 0.446. The molecule has 55 valence electrons. The average Bonchev–Trinajstić information content (AvgIpc) is 2.27. The Bertz CT molecular complexity index is 396. The van der Waals surface area contributed by atoms with E-state index in [1.54, 1.807) is 0 Å². The minimum atomic E-state index is -0.304. The largest absolute Gasteiger partial charge is 0.375 e. The molecule has 1 aromatic heterocycles. The Morgan fingerprint density at radius 3 is 3.27 bits per heavy atom. The number of nitrogens with zero attached hydrogens (tertiary/aromatic N) is 1. The summed E-state index contributed by atoms with van der Waals surface area (Å²) < 4.78 is 13.3. The molecule has 2 nitrogen and oxygen atoms in total. The number of nitrogen functional groups attached to an aromatic ring is 1. The molecule has 0 amide bonds. The third kappa shape index (κ3) is 1.05. The number of aromatic nitrogens is 1. The topological polar surface area (TPSA) is 38.9 Å². The number of thiazole rings is 1. The summed E-state index contributed by atoms with van der Waals surface area (Å²) in [7, 11) is 0. The number of anilines is 1. The van der Waals surface area contributed by atoms with E-state index in [0.29, 0.717) is 10.6 Å². The molecule has 0 spiro atoms. The van der Waals surface area contributed by atoms with Crippen LogP contribution in [0, 0.1) is 11.9 Å². The molecular formula is C7H4FN2S. The van der Waals surface area contributed by atoms with Crippen molar-refractivity contribution in [3.05, 3.63) is 24.0 Å². The summed E-state index contributed by atoms with van der Waals surface area (Å²) in [5.41, 5.74) is 6.04. The normalized spacial score (nSPS) is 10.6. The van der Waals surface area contributed by atoms with Crippen molar-refractivity contribution in [1.29, 1.82) is 0 Å². The molecular weight excluding hydrogens is 163 g/mol. The number of rotatable bonds is 0. The number of halogens is 1. The molecule has 0 atom stereocenters. The fourth-order valence-electron chi connectivity index (χ4n) is 0.855. The van der Waals surface area contributed by atoms with E-state index in [-0.39, 0.29) is 5.82 Å². The van der Waals surface area contributed by atoms with Gasteiger partial charge in [-0.25, -0.2) is 9.37 Å². The summed E-state index contributed by atoms with van der Waals surface area (Å²) in [6.07, 6.45) is 0. The van der Waals surface area contributed by atoms with Crippen LogP contribution in [0.2, 0.25) is 0 Å². The predicted octanol–water partition coefficient (Wildman–Crippen LogP) is 1.82. The second-order valence-corrected chi connectivity index (χ2v) is 3.15. The molecule has 1 heterocycles. The Hall–Kier alpha value is -1.16. The zero-order valence-electron chi connectivity index (χ0n) is 5.47. The quantitative estimate of drug-likeness (QED) is 0.650. The van der Waals surface area contributed by atoms with E-state index in [2.05, 4.69) is 11.1 Å². The third-order valence-corrected chi connectivity index (χ3v) is 2.12. The summed E-state index contributed by atoms with van der Waals surface area (Å²) in [6, 6.07) is 5.34. The first kappa shape index (κ1) is 6.54. The Morgan fingerprint density at radius 2 is 2.45 bits per heavy atom. The highest BCUT2D eigenvalue weighted by Gasteiger charge is 2.00. The molecule has 0 aliphatic carbocycles. The molecule has 0 saturated heterocycles. The lowest BCUT2D eigenvalue weighted by Gasteiger charge is -1.84. The van der Waals surface area contributed by atoms with Gasteiger partial charge in [0.2, 0.25) is 0 Å². The molecule has 0 aliphatic rings. The summed E-state index contributed by atoms with van der Waals surface area (Å²) in [4.78, 5) is 3.93. The molecule has 2 aromatic rings. The predicted molar refractivity (Wildman–Crippen MR) is 42.8 cm³/mol. The standard InChI is InChI=1S/C7H4FN2S/c8-4-1-2-5-6(3-4)11-7(9)10-5/h1,3H,(H2,9,10). The van der Waals surface area contributed by atoms with Crippen LogP contribution in [0.3, 0.4) is 0 Å². The fraction of sp³-hybridized carbons (Fsp3) is 0. The highest BCUT2D eigenvalue weighted by Crippen LogP contribution is 2.23. The Kier molecular flexibility index (Phi) is 1.29. The molecule has 1 aromatic carbocycles. The Morgan fingerprint density at radius 1 is 1.64 bits per heavy atom. The van der Waals surface area contributed by atoms with Gasteiger partial charge in [0, 0.05) is 6.07 Å². The SMILES string of the molecule is Nc1nc2[c]cc(F)cc2s1.